The van der Waals surface area contributed by atoms with Gasteiger partial charge in [-0.1, -0.05) is 5.16 Å². The molecule has 27 heavy (non-hydrogen) atoms. The molecule has 142 valence electrons. The molecule has 0 saturated carbocycles. The first-order valence-electron chi connectivity index (χ1n) is 8.75. The number of rotatable bonds is 5. The second-order valence-electron chi connectivity index (χ2n) is 6.32. The number of ether oxygens (including phenoxy) is 3. The fraction of sp³-hybridized carbons (Fsp3) is 0.333. The lowest BCUT2D eigenvalue weighted by Crippen LogP contribution is -2.14. The Morgan fingerprint density at radius 3 is 2.37 bits per heavy atom. The molecule has 6 heteroatoms. The zero-order valence-corrected chi connectivity index (χ0v) is 16.0. The molecule has 0 saturated heterocycles. The number of hydrogen-bond acceptors (Lipinski definition) is 6. The van der Waals surface area contributed by atoms with Gasteiger partial charge in [0.25, 0.3) is 0 Å². The summed E-state index contributed by atoms with van der Waals surface area (Å²) in [6.45, 7) is 1.99. The highest BCUT2D eigenvalue weighted by molar-refractivity contribution is 6.03. The Morgan fingerprint density at radius 2 is 1.67 bits per heavy atom. The first-order valence-corrected chi connectivity index (χ1v) is 8.75. The van der Waals surface area contributed by atoms with Crippen molar-refractivity contribution in [3.05, 3.63) is 52.6 Å². The maximum absolute atomic E-state index is 12.4. The number of methoxy groups -OCH3 is 3. The van der Waals surface area contributed by atoms with Crippen molar-refractivity contribution in [3.63, 3.8) is 0 Å². The zero-order valence-electron chi connectivity index (χ0n) is 16.0. The molecule has 0 unspecified atom stereocenters. The van der Waals surface area contributed by atoms with Gasteiger partial charge in [0.1, 0.15) is 5.75 Å². The van der Waals surface area contributed by atoms with E-state index < -0.39 is 5.97 Å². The van der Waals surface area contributed by atoms with Crippen LogP contribution in [-0.4, -0.2) is 33.0 Å². The molecule has 3 rings (SSSR count). The molecular formula is C21H23NO5. The van der Waals surface area contributed by atoms with Crippen molar-refractivity contribution in [2.24, 2.45) is 5.16 Å². The Labute approximate surface area is 158 Å². The van der Waals surface area contributed by atoms with Crippen LogP contribution >= 0.6 is 0 Å². The first kappa shape index (κ1) is 18.8. The highest BCUT2D eigenvalue weighted by Gasteiger charge is 2.19. The van der Waals surface area contributed by atoms with E-state index in [9.17, 15) is 4.79 Å². The molecule has 0 aromatic heterocycles. The molecule has 1 aliphatic carbocycles. The number of hydrogen-bond donors (Lipinski definition) is 0. The summed E-state index contributed by atoms with van der Waals surface area (Å²) in [5.74, 6) is 1.33. The molecular weight excluding hydrogens is 346 g/mol. The van der Waals surface area contributed by atoms with Crippen LogP contribution in [0.4, 0.5) is 0 Å². The summed E-state index contributed by atoms with van der Waals surface area (Å²) in [5.41, 5.74) is 4.32. The second-order valence-corrected chi connectivity index (χ2v) is 6.32. The predicted octanol–water partition coefficient (Wildman–Crippen LogP) is 3.92. The Morgan fingerprint density at radius 1 is 0.926 bits per heavy atom. The highest BCUT2D eigenvalue weighted by atomic mass is 16.7. The van der Waals surface area contributed by atoms with Crippen molar-refractivity contribution < 1.29 is 23.8 Å². The minimum atomic E-state index is -0.541. The maximum Gasteiger partial charge on any atom is 0.365 e. The molecule has 0 spiro atoms. The van der Waals surface area contributed by atoms with Crippen molar-refractivity contribution >= 4 is 11.7 Å². The van der Waals surface area contributed by atoms with E-state index in [1.807, 2.05) is 19.1 Å². The van der Waals surface area contributed by atoms with Gasteiger partial charge in [-0.15, -0.1) is 0 Å². The van der Waals surface area contributed by atoms with Crippen molar-refractivity contribution in [1.82, 2.24) is 0 Å². The third kappa shape index (κ3) is 3.89. The Hall–Kier alpha value is -3.02. The van der Waals surface area contributed by atoms with Gasteiger partial charge in [0, 0.05) is 5.56 Å². The number of carbonyl (C=O) groups excluding carboxylic acids is 1. The lowest BCUT2D eigenvalue weighted by molar-refractivity contribution is 0.0515. The van der Waals surface area contributed by atoms with Crippen molar-refractivity contribution in [2.45, 2.75) is 26.2 Å². The van der Waals surface area contributed by atoms with Gasteiger partial charge in [0.2, 0.25) is 0 Å². The lowest BCUT2D eigenvalue weighted by atomic mass is 9.88. The fourth-order valence-corrected chi connectivity index (χ4v) is 3.21. The van der Waals surface area contributed by atoms with Gasteiger partial charge in [-0.2, -0.15) is 0 Å². The van der Waals surface area contributed by atoms with Crippen LogP contribution in [0.3, 0.4) is 0 Å². The van der Waals surface area contributed by atoms with Crippen LogP contribution in [0, 0.1) is 6.92 Å². The van der Waals surface area contributed by atoms with Crippen LogP contribution in [0.25, 0.3) is 0 Å². The van der Waals surface area contributed by atoms with Crippen molar-refractivity contribution in [1.29, 1.82) is 0 Å². The van der Waals surface area contributed by atoms with E-state index >= 15 is 0 Å². The average Bonchev–Trinajstić information content (AvgIpc) is 2.70. The summed E-state index contributed by atoms with van der Waals surface area (Å²) < 4.78 is 15.8. The molecule has 6 nitrogen and oxygen atoms in total. The molecule has 0 aliphatic heterocycles. The third-order valence-corrected chi connectivity index (χ3v) is 4.65. The normalized spacial score (nSPS) is 14.4. The summed E-state index contributed by atoms with van der Waals surface area (Å²) in [7, 11) is 4.72. The van der Waals surface area contributed by atoms with Gasteiger partial charge in [0.05, 0.1) is 32.6 Å². The van der Waals surface area contributed by atoms with E-state index in [1.54, 1.807) is 32.4 Å². The van der Waals surface area contributed by atoms with Crippen molar-refractivity contribution in [2.75, 3.05) is 21.3 Å². The van der Waals surface area contributed by atoms with Gasteiger partial charge in [-0.05, 0) is 67.6 Å². The van der Waals surface area contributed by atoms with E-state index in [1.165, 1.54) is 7.11 Å². The van der Waals surface area contributed by atoms with Gasteiger partial charge in [-0.3, -0.25) is 0 Å². The third-order valence-electron chi connectivity index (χ3n) is 4.65. The van der Waals surface area contributed by atoms with Gasteiger partial charge in [0.15, 0.2) is 11.5 Å². The van der Waals surface area contributed by atoms with Gasteiger partial charge >= 0.3 is 5.97 Å². The number of nitrogens with zero attached hydrogens (tertiary/aromatic N) is 1. The minimum Gasteiger partial charge on any atom is -0.496 e. The van der Waals surface area contributed by atoms with Crippen LogP contribution in [-0.2, 0) is 11.3 Å². The molecule has 0 radical (unpaired) electrons. The molecule has 0 N–H and O–H groups in total. The van der Waals surface area contributed by atoms with Crippen LogP contribution in [0.1, 0.15) is 39.9 Å². The smallest absolute Gasteiger partial charge is 0.365 e. The summed E-state index contributed by atoms with van der Waals surface area (Å²) in [6.07, 6.45) is 2.67. The van der Waals surface area contributed by atoms with E-state index in [0.717, 1.165) is 47.4 Å². The molecule has 2 aromatic rings. The molecule has 0 heterocycles. The van der Waals surface area contributed by atoms with Gasteiger partial charge in [-0.25, -0.2) is 4.79 Å². The van der Waals surface area contributed by atoms with Crippen LogP contribution < -0.4 is 14.2 Å². The van der Waals surface area contributed by atoms with E-state index in [0.29, 0.717) is 17.1 Å². The van der Waals surface area contributed by atoms with E-state index in [4.69, 9.17) is 19.0 Å². The van der Waals surface area contributed by atoms with Crippen LogP contribution in [0.2, 0.25) is 0 Å². The number of benzene rings is 2. The van der Waals surface area contributed by atoms with Crippen molar-refractivity contribution in [3.8, 4) is 17.2 Å². The first-order chi connectivity index (χ1) is 13.1. The topological polar surface area (TPSA) is 66.4 Å². The largest absolute Gasteiger partial charge is 0.496 e. The summed E-state index contributed by atoms with van der Waals surface area (Å²) in [6, 6.07) is 8.93. The van der Waals surface area contributed by atoms with Crippen LogP contribution in [0.15, 0.2) is 35.5 Å². The average molecular weight is 369 g/mol. The molecule has 2 aromatic carbocycles. The zero-order chi connectivity index (χ0) is 19.4. The standard InChI is InChI=1S/C21H23NO5/c1-13-10-16-14(11-19(13)25-3)6-5-7-17(16)22-27-21(23)15-8-9-18(24-2)20(12-15)26-4/h8-12H,5-7H2,1-4H3. The Kier molecular flexibility index (Phi) is 5.64. The lowest BCUT2D eigenvalue weighted by Gasteiger charge is -2.19. The second kappa shape index (κ2) is 8.12. The Bertz CT molecular complexity index is 888. The molecule has 1 aliphatic rings. The number of aryl methyl sites for hydroxylation is 2. The molecule has 0 amide bonds. The predicted molar refractivity (Wildman–Crippen MR) is 102 cm³/mol. The fourth-order valence-electron chi connectivity index (χ4n) is 3.21. The van der Waals surface area contributed by atoms with E-state index in [-0.39, 0.29) is 0 Å². The number of fused-ring (bicyclic) bond motifs is 1. The number of oxime groups is 1. The van der Waals surface area contributed by atoms with E-state index in [2.05, 4.69) is 5.16 Å². The number of carbonyl (C=O) groups is 1. The van der Waals surface area contributed by atoms with Crippen LogP contribution in [0.5, 0.6) is 17.2 Å². The molecule has 0 fully saturated rings. The summed E-state index contributed by atoms with van der Waals surface area (Å²) in [4.78, 5) is 17.6. The molecule has 0 atom stereocenters. The summed E-state index contributed by atoms with van der Waals surface area (Å²) in [5, 5.41) is 4.15. The Balaban J connectivity index is 1.83. The molecule has 0 bridgehead atoms. The van der Waals surface area contributed by atoms with Gasteiger partial charge < -0.3 is 19.0 Å². The minimum absolute atomic E-state index is 0.346. The summed E-state index contributed by atoms with van der Waals surface area (Å²) >= 11 is 0. The quantitative estimate of drug-likeness (QED) is 0.590. The maximum atomic E-state index is 12.4. The monoisotopic (exact) mass is 369 g/mol. The SMILES string of the molecule is COc1cc2c(cc1C)C(=NOC(=O)c1ccc(OC)c(OC)c1)CCC2. The highest BCUT2D eigenvalue weighted by Crippen LogP contribution is 2.30.